The summed E-state index contributed by atoms with van der Waals surface area (Å²) >= 11 is 11.9. The summed E-state index contributed by atoms with van der Waals surface area (Å²) in [7, 11) is 0. The maximum atomic E-state index is 12.7. The molecule has 4 rings (SSSR count). The fourth-order valence-electron chi connectivity index (χ4n) is 3.84. The summed E-state index contributed by atoms with van der Waals surface area (Å²) in [6.07, 6.45) is 5.56. The van der Waals surface area contributed by atoms with Crippen molar-refractivity contribution in [1.29, 1.82) is 0 Å². The van der Waals surface area contributed by atoms with E-state index in [1.54, 1.807) is 12.1 Å². The van der Waals surface area contributed by atoms with Crippen molar-refractivity contribution in [3.8, 4) is 11.1 Å². The molecule has 3 aromatic rings. The van der Waals surface area contributed by atoms with Gasteiger partial charge in [-0.15, -0.1) is 0 Å². The summed E-state index contributed by atoms with van der Waals surface area (Å²) in [5.74, 6) is 0.318. The number of hydrogen-bond donors (Lipinski definition) is 0. The minimum Gasteiger partial charge on any atom is -0.299 e. The molecule has 0 N–H and O–H groups in total. The van der Waals surface area contributed by atoms with E-state index in [-0.39, 0.29) is 11.7 Å². The Hall–Kier alpha value is -2.20. The minimum absolute atomic E-state index is 0.0888. The lowest BCUT2D eigenvalue weighted by atomic mass is 9.89. The van der Waals surface area contributed by atoms with E-state index in [4.69, 9.17) is 23.2 Å². The number of piperidine rings is 1. The van der Waals surface area contributed by atoms with E-state index in [0.717, 1.165) is 54.2 Å². The predicted molar refractivity (Wildman–Crippen MR) is 118 cm³/mol. The Kier molecular flexibility index (Phi) is 6.29. The lowest BCUT2D eigenvalue weighted by Gasteiger charge is -2.31. The number of Topliss-reactive ketones (excluding diaryl/α,β-unsaturated/α-hetero) is 1. The van der Waals surface area contributed by atoms with Crippen LogP contribution < -0.4 is 0 Å². The molecule has 148 valence electrons. The number of aromatic nitrogens is 1. The second kappa shape index (κ2) is 9.08. The van der Waals surface area contributed by atoms with Crippen molar-refractivity contribution in [3.63, 3.8) is 0 Å². The van der Waals surface area contributed by atoms with Crippen LogP contribution in [-0.2, 0) is 6.54 Å². The zero-order chi connectivity index (χ0) is 20.2. The van der Waals surface area contributed by atoms with Crippen LogP contribution in [0.2, 0.25) is 10.0 Å². The van der Waals surface area contributed by atoms with Crippen molar-refractivity contribution in [3.05, 3.63) is 88.2 Å². The van der Waals surface area contributed by atoms with E-state index in [2.05, 4.69) is 16.0 Å². The lowest BCUT2D eigenvalue weighted by molar-refractivity contribution is 0.0835. The highest BCUT2D eigenvalue weighted by molar-refractivity contribution is 6.31. The van der Waals surface area contributed by atoms with E-state index < -0.39 is 0 Å². The van der Waals surface area contributed by atoms with Crippen LogP contribution in [0.1, 0.15) is 28.8 Å². The Morgan fingerprint density at radius 1 is 0.897 bits per heavy atom. The number of carbonyl (C=O) groups is 1. The van der Waals surface area contributed by atoms with E-state index in [1.807, 2.05) is 48.8 Å². The zero-order valence-corrected chi connectivity index (χ0v) is 17.5. The molecule has 1 fully saturated rings. The van der Waals surface area contributed by atoms with Gasteiger partial charge in [0.2, 0.25) is 0 Å². The fourth-order valence-corrected chi connectivity index (χ4v) is 4.09. The molecule has 0 saturated carbocycles. The van der Waals surface area contributed by atoms with E-state index in [9.17, 15) is 4.79 Å². The average Bonchev–Trinajstić information content (AvgIpc) is 2.75. The molecule has 0 unspecified atom stereocenters. The lowest BCUT2D eigenvalue weighted by Crippen LogP contribution is -2.36. The normalized spacial score (nSPS) is 15.4. The second-order valence-corrected chi connectivity index (χ2v) is 8.38. The molecule has 0 radical (unpaired) electrons. The van der Waals surface area contributed by atoms with Gasteiger partial charge in [-0.3, -0.25) is 14.7 Å². The smallest absolute Gasteiger partial charge is 0.166 e. The van der Waals surface area contributed by atoms with Gasteiger partial charge < -0.3 is 0 Å². The molecule has 0 atom stereocenters. The van der Waals surface area contributed by atoms with Crippen molar-refractivity contribution in [2.24, 2.45) is 5.92 Å². The molecule has 0 spiro atoms. The highest BCUT2D eigenvalue weighted by Crippen LogP contribution is 2.25. The van der Waals surface area contributed by atoms with Gasteiger partial charge >= 0.3 is 0 Å². The number of benzene rings is 2. The molecule has 0 amide bonds. The van der Waals surface area contributed by atoms with Crippen LogP contribution in [0, 0.1) is 5.92 Å². The van der Waals surface area contributed by atoms with E-state index in [0.29, 0.717) is 5.02 Å². The molecule has 3 nitrogen and oxygen atoms in total. The van der Waals surface area contributed by atoms with Crippen LogP contribution in [0.4, 0.5) is 0 Å². The van der Waals surface area contributed by atoms with Gasteiger partial charge in [-0.25, -0.2) is 0 Å². The van der Waals surface area contributed by atoms with Gasteiger partial charge in [-0.2, -0.15) is 0 Å². The van der Waals surface area contributed by atoms with Crippen molar-refractivity contribution < 1.29 is 4.79 Å². The monoisotopic (exact) mass is 424 g/mol. The summed E-state index contributed by atoms with van der Waals surface area (Å²) in [5, 5.41) is 1.39. The number of ketones is 1. The molecule has 0 bridgehead atoms. The molecular formula is C24H22Cl2N2O. The summed E-state index contributed by atoms with van der Waals surface area (Å²) in [6.45, 7) is 2.67. The third kappa shape index (κ3) is 5.05. The molecule has 2 aromatic carbocycles. The highest BCUT2D eigenvalue weighted by Gasteiger charge is 2.25. The molecule has 0 aliphatic carbocycles. The summed E-state index contributed by atoms with van der Waals surface area (Å²) in [4.78, 5) is 19.5. The third-order valence-electron chi connectivity index (χ3n) is 5.47. The van der Waals surface area contributed by atoms with Crippen molar-refractivity contribution in [2.75, 3.05) is 13.1 Å². The first-order valence-electron chi connectivity index (χ1n) is 9.80. The van der Waals surface area contributed by atoms with Crippen LogP contribution in [0.15, 0.2) is 67.0 Å². The van der Waals surface area contributed by atoms with Crippen molar-refractivity contribution in [1.82, 2.24) is 9.88 Å². The maximum absolute atomic E-state index is 12.7. The standard InChI is InChI=1S/C24H22Cl2N2O/c25-22-5-1-18(2-6-22)21-13-17(14-27-15-21)16-28-11-9-20(10-12-28)24(29)19-3-7-23(26)8-4-19/h1-8,13-15,20H,9-12,16H2. The maximum Gasteiger partial charge on any atom is 0.166 e. The molecule has 29 heavy (non-hydrogen) atoms. The average molecular weight is 425 g/mol. The van der Waals surface area contributed by atoms with Crippen LogP contribution in [0.25, 0.3) is 11.1 Å². The topological polar surface area (TPSA) is 33.2 Å². The van der Waals surface area contributed by atoms with Crippen LogP contribution >= 0.6 is 23.2 Å². The van der Waals surface area contributed by atoms with Gasteiger partial charge in [0.1, 0.15) is 0 Å². The van der Waals surface area contributed by atoms with Crippen LogP contribution in [0.5, 0.6) is 0 Å². The molecule has 1 saturated heterocycles. The predicted octanol–water partition coefficient (Wildman–Crippen LogP) is 6.15. The summed E-state index contributed by atoms with van der Waals surface area (Å²) < 4.78 is 0. The van der Waals surface area contributed by atoms with Gasteiger partial charge in [-0.05, 0) is 79.5 Å². The Balaban J connectivity index is 1.36. The number of hydrogen-bond acceptors (Lipinski definition) is 3. The summed E-state index contributed by atoms with van der Waals surface area (Å²) in [5.41, 5.74) is 4.13. The van der Waals surface area contributed by atoms with Crippen LogP contribution in [-0.4, -0.2) is 28.8 Å². The Morgan fingerprint density at radius 3 is 2.17 bits per heavy atom. The van der Waals surface area contributed by atoms with Gasteiger partial charge in [-0.1, -0.05) is 35.3 Å². The molecule has 5 heteroatoms. The van der Waals surface area contributed by atoms with Gasteiger partial charge in [0, 0.05) is 46.0 Å². The minimum atomic E-state index is 0.0888. The number of carbonyl (C=O) groups excluding carboxylic acids is 1. The molecule has 1 aliphatic rings. The highest BCUT2D eigenvalue weighted by atomic mass is 35.5. The van der Waals surface area contributed by atoms with Crippen LogP contribution in [0.3, 0.4) is 0 Å². The fraction of sp³-hybridized carbons (Fsp3) is 0.250. The number of pyridine rings is 1. The second-order valence-electron chi connectivity index (χ2n) is 7.51. The number of rotatable bonds is 5. The van der Waals surface area contributed by atoms with Gasteiger partial charge in [0.25, 0.3) is 0 Å². The molecule has 1 aliphatic heterocycles. The van der Waals surface area contributed by atoms with E-state index >= 15 is 0 Å². The molecular weight excluding hydrogens is 403 g/mol. The molecule has 1 aromatic heterocycles. The first kappa shape index (κ1) is 20.1. The Labute approximate surface area is 181 Å². The number of likely N-dealkylation sites (tertiary alicyclic amines) is 1. The number of halogens is 2. The first-order chi connectivity index (χ1) is 14.1. The largest absolute Gasteiger partial charge is 0.299 e. The zero-order valence-electron chi connectivity index (χ0n) is 16.0. The first-order valence-corrected chi connectivity index (χ1v) is 10.6. The number of nitrogens with zero attached hydrogens (tertiary/aromatic N) is 2. The molecule has 2 heterocycles. The SMILES string of the molecule is O=C(c1ccc(Cl)cc1)C1CCN(Cc2cncc(-c3ccc(Cl)cc3)c2)CC1. The van der Waals surface area contributed by atoms with Crippen molar-refractivity contribution >= 4 is 29.0 Å². The van der Waals surface area contributed by atoms with Gasteiger partial charge in [0.15, 0.2) is 5.78 Å². The quantitative estimate of drug-likeness (QED) is 0.460. The van der Waals surface area contributed by atoms with Gasteiger partial charge in [0.05, 0.1) is 0 Å². The Morgan fingerprint density at radius 2 is 1.52 bits per heavy atom. The summed E-state index contributed by atoms with van der Waals surface area (Å²) in [6, 6.07) is 17.2. The Bertz CT molecular complexity index is 979. The van der Waals surface area contributed by atoms with E-state index in [1.165, 1.54) is 5.56 Å². The third-order valence-corrected chi connectivity index (χ3v) is 5.97. The van der Waals surface area contributed by atoms with Crippen molar-refractivity contribution in [2.45, 2.75) is 19.4 Å².